The Labute approximate surface area is 245 Å². The number of thiophene rings is 1. The summed E-state index contributed by atoms with van der Waals surface area (Å²) >= 11 is 20.6. The van der Waals surface area contributed by atoms with Gasteiger partial charge in [0.15, 0.2) is 0 Å². The molecule has 1 aromatic heterocycles. The smallest absolute Gasteiger partial charge is 0.140 e. The Bertz CT molecular complexity index is 1560. The summed E-state index contributed by atoms with van der Waals surface area (Å²) < 4.78 is 0. The zero-order chi connectivity index (χ0) is 27.2. The molecule has 0 amide bonds. The highest BCUT2D eigenvalue weighted by Crippen LogP contribution is 2.37. The van der Waals surface area contributed by atoms with Crippen LogP contribution in [0.5, 0.6) is 0 Å². The van der Waals surface area contributed by atoms with Crippen molar-refractivity contribution in [3.05, 3.63) is 87.4 Å². The molecular weight excluding hydrogens is 573 g/mol. The molecule has 0 unspecified atom stereocenters. The second-order valence-electron chi connectivity index (χ2n) is 8.96. The van der Waals surface area contributed by atoms with E-state index in [9.17, 15) is 0 Å². The lowest BCUT2D eigenvalue weighted by Crippen LogP contribution is -2.28. The maximum atomic E-state index is 6.44. The molecule has 198 valence electrons. The summed E-state index contributed by atoms with van der Waals surface area (Å²) in [6.45, 7) is 4.14. The van der Waals surface area contributed by atoms with Crippen LogP contribution in [0, 0.1) is 6.92 Å². The number of azo groups is 3. The van der Waals surface area contributed by atoms with Crippen LogP contribution in [0.1, 0.15) is 24.8 Å². The number of halogens is 3. The quantitative estimate of drug-likeness (QED) is 0.195. The van der Waals surface area contributed by atoms with Crippen molar-refractivity contribution < 1.29 is 0 Å². The molecule has 0 bridgehead atoms. The number of hydrogen-bond acceptors (Lipinski definition) is 8. The van der Waals surface area contributed by atoms with Gasteiger partial charge in [-0.1, -0.05) is 52.2 Å². The average molecular weight is 597 g/mol. The van der Waals surface area contributed by atoms with Crippen LogP contribution < -0.4 is 4.90 Å². The predicted octanol–water partition coefficient (Wildman–Crippen LogP) is 12.3. The summed E-state index contributed by atoms with van der Waals surface area (Å²) in [5.41, 5.74) is 3.83. The number of aryl methyl sites for hydroxylation is 1. The van der Waals surface area contributed by atoms with Gasteiger partial charge in [-0.15, -0.1) is 20.5 Å². The highest BCUT2D eigenvalue weighted by atomic mass is 35.5. The molecule has 4 aromatic rings. The van der Waals surface area contributed by atoms with Crippen LogP contribution >= 0.6 is 46.1 Å². The Balaban J connectivity index is 1.22. The lowest BCUT2D eigenvalue weighted by atomic mass is 10.1. The number of nitrogens with zero attached hydrogens (tertiary/aromatic N) is 7. The van der Waals surface area contributed by atoms with Crippen LogP contribution in [0.3, 0.4) is 0 Å². The summed E-state index contributed by atoms with van der Waals surface area (Å²) in [7, 11) is 0. The molecule has 0 aliphatic carbocycles. The van der Waals surface area contributed by atoms with E-state index >= 15 is 0 Å². The van der Waals surface area contributed by atoms with Gasteiger partial charge in [0.2, 0.25) is 0 Å². The molecule has 39 heavy (non-hydrogen) atoms. The van der Waals surface area contributed by atoms with Crippen LogP contribution in [0.25, 0.3) is 0 Å². The van der Waals surface area contributed by atoms with Crippen molar-refractivity contribution in [2.75, 3.05) is 18.0 Å². The Morgan fingerprint density at radius 3 is 1.69 bits per heavy atom. The maximum absolute atomic E-state index is 6.44. The number of anilines is 1. The average Bonchev–Trinajstić information content (AvgIpc) is 3.42. The summed E-state index contributed by atoms with van der Waals surface area (Å²) in [5.74, 6) is 0. The number of piperidine rings is 1. The third-order valence-corrected chi connectivity index (χ3v) is 8.12. The Kier molecular flexibility index (Phi) is 8.98. The van der Waals surface area contributed by atoms with Crippen molar-refractivity contribution in [3.63, 3.8) is 0 Å². The van der Waals surface area contributed by atoms with Crippen LogP contribution in [-0.2, 0) is 0 Å². The molecule has 0 radical (unpaired) electrons. The molecule has 7 nitrogen and oxygen atoms in total. The summed E-state index contributed by atoms with van der Waals surface area (Å²) in [6.07, 6.45) is 3.79. The molecule has 11 heteroatoms. The van der Waals surface area contributed by atoms with E-state index in [1.165, 1.54) is 24.3 Å². The standard InChI is InChI=1S/C28H24Cl3N7S/c1-18-5-6-19(15-22(18)29)32-35-25-9-7-20(16-23(25)30)33-36-26-10-8-21(17-24(26)31)34-37-27-11-12-28(39-27)38-13-3-2-4-14-38/h5-12,15-17H,2-4,13-14H2,1H3. The zero-order valence-corrected chi connectivity index (χ0v) is 24.1. The molecule has 2 heterocycles. The monoisotopic (exact) mass is 595 g/mol. The molecule has 1 saturated heterocycles. The van der Waals surface area contributed by atoms with E-state index in [0.717, 1.165) is 23.7 Å². The van der Waals surface area contributed by atoms with Crippen molar-refractivity contribution in [3.8, 4) is 0 Å². The largest absolute Gasteiger partial charge is 0.363 e. The van der Waals surface area contributed by atoms with Crippen LogP contribution in [0.4, 0.5) is 38.4 Å². The lowest BCUT2D eigenvalue weighted by molar-refractivity contribution is 0.580. The van der Waals surface area contributed by atoms with Crippen molar-refractivity contribution in [2.24, 2.45) is 30.7 Å². The first-order valence-electron chi connectivity index (χ1n) is 12.4. The van der Waals surface area contributed by atoms with E-state index in [1.807, 2.05) is 25.1 Å². The lowest BCUT2D eigenvalue weighted by Gasteiger charge is -2.26. The molecule has 1 aliphatic rings. The fourth-order valence-electron chi connectivity index (χ4n) is 3.91. The van der Waals surface area contributed by atoms with Gasteiger partial charge in [-0.2, -0.15) is 10.2 Å². The van der Waals surface area contributed by atoms with E-state index in [0.29, 0.717) is 43.5 Å². The maximum Gasteiger partial charge on any atom is 0.140 e. The molecule has 0 atom stereocenters. The molecule has 1 fully saturated rings. The molecular formula is C28H24Cl3N7S. The van der Waals surface area contributed by atoms with Gasteiger partial charge in [0.25, 0.3) is 0 Å². The van der Waals surface area contributed by atoms with Crippen molar-refractivity contribution in [1.82, 2.24) is 0 Å². The van der Waals surface area contributed by atoms with Gasteiger partial charge in [0, 0.05) is 18.1 Å². The van der Waals surface area contributed by atoms with E-state index in [1.54, 1.807) is 53.8 Å². The number of rotatable bonds is 7. The van der Waals surface area contributed by atoms with Gasteiger partial charge in [0.1, 0.15) is 16.4 Å². The Morgan fingerprint density at radius 2 is 1.13 bits per heavy atom. The van der Waals surface area contributed by atoms with Gasteiger partial charge in [-0.05, 0) is 92.4 Å². The zero-order valence-electron chi connectivity index (χ0n) is 21.1. The summed E-state index contributed by atoms with van der Waals surface area (Å²) in [6, 6.07) is 20.0. The van der Waals surface area contributed by atoms with E-state index in [4.69, 9.17) is 34.8 Å². The van der Waals surface area contributed by atoms with Crippen LogP contribution in [0.15, 0.2) is 97.4 Å². The second-order valence-corrected chi connectivity index (χ2v) is 11.2. The highest BCUT2D eigenvalue weighted by Gasteiger charge is 2.13. The summed E-state index contributed by atoms with van der Waals surface area (Å²) in [4.78, 5) is 2.41. The Hall–Kier alpha value is -3.17. The van der Waals surface area contributed by atoms with Crippen molar-refractivity contribution in [1.29, 1.82) is 0 Å². The minimum atomic E-state index is 0.396. The van der Waals surface area contributed by atoms with E-state index in [-0.39, 0.29) is 0 Å². The van der Waals surface area contributed by atoms with Gasteiger partial charge in [0.05, 0.1) is 32.1 Å². The van der Waals surface area contributed by atoms with Gasteiger partial charge < -0.3 is 4.90 Å². The van der Waals surface area contributed by atoms with E-state index < -0.39 is 0 Å². The van der Waals surface area contributed by atoms with Crippen LogP contribution in [0.2, 0.25) is 15.1 Å². The first-order valence-corrected chi connectivity index (χ1v) is 14.3. The molecule has 0 saturated carbocycles. The first-order chi connectivity index (χ1) is 18.9. The first kappa shape index (κ1) is 27.4. The van der Waals surface area contributed by atoms with Crippen molar-refractivity contribution in [2.45, 2.75) is 26.2 Å². The van der Waals surface area contributed by atoms with Crippen LogP contribution in [-0.4, -0.2) is 13.1 Å². The topological polar surface area (TPSA) is 77.4 Å². The molecule has 3 aromatic carbocycles. The molecule has 5 rings (SSSR count). The predicted molar refractivity (Wildman–Crippen MR) is 162 cm³/mol. The van der Waals surface area contributed by atoms with Gasteiger partial charge in [-0.3, -0.25) is 0 Å². The number of benzene rings is 3. The summed E-state index contributed by atoms with van der Waals surface area (Å²) in [5, 5.41) is 29.2. The van der Waals surface area contributed by atoms with E-state index in [2.05, 4.69) is 41.7 Å². The highest BCUT2D eigenvalue weighted by molar-refractivity contribution is 7.19. The molecule has 0 N–H and O–H groups in total. The van der Waals surface area contributed by atoms with Gasteiger partial charge in [-0.25, -0.2) is 0 Å². The fourth-order valence-corrected chi connectivity index (χ4v) is 5.39. The third kappa shape index (κ3) is 7.28. The Morgan fingerprint density at radius 1 is 0.590 bits per heavy atom. The number of hydrogen-bond donors (Lipinski definition) is 0. The normalized spacial score (nSPS) is 14.3. The third-order valence-electron chi connectivity index (χ3n) is 6.07. The molecule has 1 aliphatic heterocycles. The molecule has 0 spiro atoms. The fraction of sp³-hybridized carbons (Fsp3) is 0.214. The van der Waals surface area contributed by atoms with Gasteiger partial charge >= 0.3 is 0 Å². The minimum Gasteiger partial charge on any atom is -0.363 e. The van der Waals surface area contributed by atoms with Crippen molar-refractivity contribution >= 4 is 84.6 Å². The second kappa shape index (κ2) is 12.8. The SMILES string of the molecule is Cc1ccc(N=Nc2ccc(N=Nc3ccc(N=Nc4ccc(N5CCCCC5)s4)cc3Cl)cc2Cl)cc1Cl. The minimum absolute atomic E-state index is 0.396.